The Morgan fingerprint density at radius 2 is 1.75 bits per heavy atom. The first kappa shape index (κ1) is 18.5. The molecule has 0 bridgehead atoms. The van der Waals surface area contributed by atoms with Crippen molar-refractivity contribution in [2.45, 2.75) is 25.9 Å². The van der Waals surface area contributed by atoms with Crippen LogP contribution in [0.4, 0.5) is 8.78 Å². The van der Waals surface area contributed by atoms with E-state index in [-0.39, 0.29) is 17.2 Å². The van der Waals surface area contributed by atoms with Gasteiger partial charge in [0.15, 0.2) is 11.6 Å². The van der Waals surface area contributed by atoms with E-state index in [0.29, 0.717) is 12.2 Å². The lowest BCUT2D eigenvalue weighted by atomic mass is 9.99. The van der Waals surface area contributed by atoms with E-state index in [9.17, 15) is 8.78 Å². The van der Waals surface area contributed by atoms with Crippen LogP contribution in [0.25, 0.3) is 22.4 Å². The number of ether oxygens (including phenoxy) is 1. The number of aromatic nitrogens is 1. The van der Waals surface area contributed by atoms with Crippen molar-refractivity contribution in [1.82, 2.24) is 4.98 Å². The van der Waals surface area contributed by atoms with Crippen molar-refractivity contribution in [1.29, 1.82) is 0 Å². The van der Waals surface area contributed by atoms with E-state index in [2.05, 4.69) is 17.1 Å². The van der Waals surface area contributed by atoms with Crippen molar-refractivity contribution in [2.24, 2.45) is 0 Å². The molecule has 1 aromatic heterocycles. The first-order valence-corrected chi connectivity index (χ1v) is 9.43. The van der Waals surface area contributed by atoms with Gasteiger partial charge in [0.25, 0.3) is 0 Å². The van der Waals surface area contributed by atoms with Gasteiger partial charge in [-0.25, -0.2) is 8.78 Å². The summed E-state index contributed by atoms with van der Waals surface area (Å²) in [5, 5.41) is 0. The van der Waals surface area contributed by atoms with Gasteiger partial charge in [-0.2, -0.15) is 0 Å². The van der Waals surface area contributed by atoms with E-state index < -0.39 is 11.6 Å². The smallest absolute Gasteiger partial charge is 0.167 e. The van der Waals surface area contributed by atoms with Crippen LogP contribution >= 0.6 is 0 Å². The van der Waals surface area contributed by atoms with Crippen LogP contribution in [0.2, 0.25) is 0 Å². The molecule has 0 spiro atoms. The van der Waals surface area contributed by atoms with Gasteiger partial charge in [-0.1, -0.05) is 54.6 Å². The molecule has 3 aromatic rings. The Kier molecular flexibility index (Phi) is 5.31. The Hall–Kier alpha value is -2.85. The number of aryl methyl sites for hydroxylation is 1. The maximum absolute atomic E-state index is 14.5. The van der Waals surface area contributed by atoms with Gasteiger partial charge in [0.05, 0.1) is 12.3 Å². The number of nitrogens with zero attached hydrogens (tertiary/aromatic N) is 1. The van der Waals surface area contributed by atoms with Crippen molar-refractivity contribution in [3.8, 4) is 22.4 Å². The summed E-state index contributed by atoms with van der Waals surface area (Å²) in [6.07, 6.45) is 7.73. The summed E-state index contributed by atoms with van der Waals surface area (Å²) >= 11 is 0. The van der Waals surface area contributed by atoms with Crippen molar-refractivity contribution < 1.29 is 13.5 Å². The third-order valence-corrected chi connectivity index (χ3v) is 4.94. The Morgan fingerprint density at radius 3 is 2.39 bits per heavy atom. The highest BCUT2D eigenvalue weighted by atomic mass is 19.2. The molecule has 1 unspecified atom stereocenters. The van der Waals surface area contributed by atoms with Crippen LogP contribution < -0.4 is 0 Å². The minimum absolute atomic E-state index is 0.251. The summed E-state index contributed by atoms with van der Waals surface area (Å²) in [6, 6.07) is 14.6. The van der Waals surface area contributed by atoms with E-state index in [1.54, 1.807) is 24.3 Å². The van der Waals surface area contributed by atoms with Crippen LogP contribution in [0.3, 0.4) is 0 Å². The number of rotatable bonds is 6. The number of hydrogen-bond acceptors (Lipinski definition) is 2. The van der Waals surface area contributed by atoms with Crippen molar-refractivity contribution in [2.75, 3.05) is 6.61 Å². The van der Waals surface area contributed by atoms with Gasteiger partial charge in [-0.15, -0.1) is 0 Å². The SMILES string of the molecule is C/C=C/CCc1ccc(-c2ccc(-c3ccc(C4CO4)c(F)c3F)cc2)nc1. The maximum atomic E-state index is 14.5. The summed E-state index contributed by atoms with van der Waals surface area (Å²) in [6.45, 7) is 2.46. The van der Waals surface area contributed by atoms with Gasteiger partial charge in [0.1, 0.15) is 6.10 Å². The molecule has 1 fully saturated rings. The molecule has 28 heavy (non-hydrogen) atoms. The quantitative estimate of drug-likeness (QED) is 0.373. The van der Waals surface area contributed by atoms with Gasteiger partial charge < -0.3 is 4.74 Å². The first-order valence-electron chi connectivity index (χ1n) is 9.43. The molecule has 0 N–H and O–H groups in total. The fourth-order valence-corrected chi connectivity index (χ4v) is 3.24. The maximum Gasteiger partial charge on any atom is 0.167 e. The summed E-state index contributed by atoms with van der Waals surface area (Å²) in [4.78, 5) is 4.53. The normalized spacial score (nSPS) is 15.9. The monoisotopic (exact) mass is 377 g/mol. The highest BCUT2D eigenvalue weighted by Crippen LogP contribution is 2.36. The molecule has 0 saturated carbocycles. The third kappa shape index (κ3) is 3.87. The molecular formula is C24H21F2NO. The predicted molar refractivity (Wildman–Crippen MR) is 107 cm³/mol. The number of pyridine rings is 1. The Morgan fingerprint density at radius 1 is 1.00 bits per heavy atom. The number of hydrogen-bond donors (Lipinski definition) is 0. The number of halogens is 2. The zero-order chi connectivity index (χ0) is 19.5. The summed E-state index contributed by atoms with van der Waals surface area (Å²) in [5.41, 5.74) is 4.15. The summed E-state index contributed by atoms with van der Waals surface area (Å²) < 4.78 is 33.8. The van der Waals surface area contributed by atoms with Crippen LogP contribution in [-0.2, 0) is 11.2 Å². The molecular weight excluding hydrogens is 356 g/mol. The molecule has 2 aromatic carbocycles. The fraction of sp³-hybridized carbons (Fsp3) is 0.208. The van der Waals surface area contributed by atoms with Gasteiger partial charge >= 0.3 is 0 Å². The van der Waals surface area contributed by atoms with E-state index in [0.717, 1.165) is 24.1 Å². The molecule has 1 atom stereocenters. The second-order valence-corrected chi connectivity index (χ2v) is 6.89. The third-order valence-electron chi connectivity index (χ3n) is 4.94. The molecule has 0 aliphatic carbocycles. The lowest BCUT2D eigenvalue weighted by Gasteiger charge is -2.09. The second-order valence-electron chi connectivity index (χ2n) is 6.89. The molecule has 142 valence electrons. The molecule has 1 aliphatic heterocycles. The van der Waals surface area contributed by atoms with Crippen LogP contribution in [0.15, 0.2) is 66.9 Å². The van der Waals surface area contributed by atoms with Gasteiger partial charge in [-0.3, -0.25) is 4.98 Å². The van der Waals surface area contributed by atoms with Gasteiger partial charge in [0, 0.05) is 22.9 Å². The van der Waals surface area contributed by atoms with E-state index >= 15 is 0 Å². The molecule has 1 saturated heterocycles. The van der Waals surface area contributed by atoms with E-state index in [4.69, 9.17) is 4.74 Å². The summed E-state index contributed by atoms with van der Waals surface area (Å²) in [5.74, 6) is -1.65. The Bertz CT molecular complexity index is 990. The Labute approximate surface area is 163 Å². The fourth-order valence-electron chi connectivity index (χ4n) is 3.24. The van der Waals surface area contributed by atoms with E-state index in [1.165, 1.54) is 5.56 Å². The number of benzene rings is 2. The van der Waals surface area contributed by atoms with E-state index in [1.807, 2.05) is 37.4 Å². The zero-order valence-corrected chi connectivity index (χ0v) is 15.7. The largest absolute Gasteiger partial charge is 0.368 e. The first-order chi connectivity index (χ1) is 13.7. The average molecular weight is 377 g/mol. The molecule has 0 radical (unpaired) electrons. The average Bonchev–Trinajstić information content (AvgIpc) is 3.56. The van der Waals surface area contributed by atoms with Crippen molar-refractivity contribution >= 4 is 0 Å². The van der Waals surface area contributed by atoms with Crippen molar-refractivity contribution in [3.05, 3.63) is 89.6 Å². The lowest BCUT2D eigenvalue weighted by Crippen LogP contribution is -1.96. The molecule has 1 aliphatic rings. The minimum Gasteiger partial charge on any atom is -0.368 e. The number of allylic oxidation sites excluding steroid dienone is 2. The zero-order valence-electron chi connectivity index (χ0n) is 15.7. The molecule has 4 rings (SSSR count). The molecule has 2 nitrogen and oxygen atoms in total. The van der Waals surface area contributed by atoms with Crippen molar-refractivity contribution in [3.63, 3.8) is 0 Å². The Balaban J connectivity index is 1.53. The van der Waals surface area contributed by atoms with Crippen LogP contribution in [-0.4, -0.2) is 11.6 Å². The summed E-state index contributed by atoms with van der Waals surface area (Å²) in [7, 11) is 0. The molecule has 4 heteroatoms. The predicted octanol–water partition coefficient (Wildman–Crippen LogP) is 6.27. The topological polar surface area (TPSA) is 25.4 Å². The van der Waals surface area contributed by atoms with Crippen LogP contribution in [0.5, 0.6) is 0 Å². The van der Waals surface area contributed by atoms with Gasteiger partial charge in [-0.05, 0) is 37.0 Å². The lowest BCUT2D eigenvalue weighted by molar-refractivity contribution is 0.401. The standard InChI is InChI=1S/C24H21F2NO/c1-2-3-4-5-16-6-13-21(27-14-16)18-9-7-17(8-10-18)19-11-12-20(22-15-28-22)24(26)23(19)25/h2-3,6-14,22H,4-5,15H2,1H3/b3-2+. The number of epoxide rings is 1. The van der Waals surface area contributed by atoms with Gasteiger partial charge in [0.2, 0.25) is 0 Å². The molecule has 2 heterocycles. The highest BCUT2D eigenvalue weighted by Gasteiger charge is 2.30. The second kappa shape index (κ2) is 8.03. The highest BCUT2D eigenvalue weighted by molar-refractivity contribution is 5.69. The van der Waals surface area contributed by atoms with Crippen LogP contribution in [0.1, 0.15) is 30.6 Å². The van der Waals surface area contributed by atoms with Crippen LogP contribution in [0, 0.1) is 11.6 Å². The molecule has 0 amide bonds. The minimum atomic E-state index is -0.829.